The molecule has 0 saturated carbocycles. The first-order valence-corrected chi connectivity index (χ1v) is 14.0. The third kappa shape index (κ3) is 7.62. The van der Waals surface area contributed by atoms with Crippen LogP contribution in [0.15, 0.2) is 42.0 Å². The summed E-state index contributed by atoms with van der Waals surface area (Å²) < 4.78 is 10.7. The molecular formula is C28H40BN5O6. The number of rotatable bonds is 10. The van der Waals surface area contributed by atoms with E-state index in [1.54, 1.807) is 11.0 Å². The smallest absolute Gasteiger partial charge is 0.447 e. The highest BCUT2D eigenvalue weighted by molar-refractivity contribution is 6.43. The summed E-state index contributed by atoms with van der Waals surface area (Å²) in [6, 6.07) is 11.4. The van der Waals surface area contributed by atoms with Crippen molar-refractivity contribution >= 4 is 19.1 Å². The molecule has 0 radical (unpaired) electrons. The van der Waals surface area contributed by atoms with E-state index in [2.05, 4.69) is 21.2 Å². The zero-order valence-electron chi connectivity index (χ0n) is 23.4. The lowest BCUT2D eigenvalue weighted by Crippen LogP contribution is -2.59. The Bertz CT molecular complexity index is 1080. The highest BCUT2D eigenvalue weighted by atomic mass is 16.5. The van der Waals surface area contributed by atoms with E-state index in [0.717, 1.165) is 51.4 Å². The number of carbonyl (C=O) groups excluding carboxylic acids is 2. The second-order valence-corrected chi connectivity index (χ2v) is 11.3. The van der Waals surface area contributed by atoms with E-state index in [1.165, 1.54) is 0 Å². The maximum atomic E-state index is 13.4. The molecule has 12 heteroatoms. The molecule has 2 amide bonds. The van der Waals surface area contributed by atoms with Crippen LogP contribution in [0.2, 0.25) is 0 Å². The molecule has 3 saturated heterocycles. The lowest BCUT2D eigenvalue weighted by atomic mass is 9.76. The molecule has 2 atom stereocenters. The summed E-state index contributed by atoms with van der Waals surface area (Å²) in [6.45, 7) is 9.58. The average molecular weight is 553 g/mol. The molecule has 3 aliphatic heterocycles. The Labute approximate surface area is 236 Å². The van der Waals surface area contributed by atoms with E-state index >= 15 is 0 Å². The molecule has 3 fully saturated rings. The number of nitrogens with zero attached hydrogens (tertiary/aromatic N) is 4. The predicted octanol–water partition coefficient (Wildman–Crippen LogP) is 0.572. The first-order chi connectivity index (χ1) is 19.2. The molecule has 3 heterocycles. The van der Waals surface area contributed by atoms with E-state index in [0.29, 0.717) is 19.0 Å². The van der Waals surface area contributed by atoms with E-state index < -0.39 is 24.7 Å². The molecule has 0 bridgehead atoms. The highest BCUT2D eigenvalue weighted by Gasteiger charge is 2.36. The Balaban J connectivity index is 1.31. The lowest BCUT2D eigenvalue weighted by molar-refractivity contribution is -0.128. The van der Waals surface area contributed by atoms with Crippen molar-refractivity contribution in [3.63, 3.8) is 0 Å². The van der Waals surface area contributed by atoms with E-state index in [4.69, 9.17) is 9.47 Å². The molecule has 216 valence electrons. The summed E-state index contributed by atoms with van der Waals surface area (Å²) >= 11 is 0. The number of likely N-dealkylation sites (tertiary alicyclic amines) is 1. The van der Waals surface area contributed by atoms with Gasteiger partial charge in [0.2, 0.25) is 0 Å². The summed E-state index contributed by atoms with van der Waals surface area (Å²) in [6.07, 6.45) is 2.57. The minimum Gasteiger partial charge on any atom is -0.447 e. The Morgan fingerprint density at radius 1 is 1.20 bits per heavy atom. The van der Waals surface area contributed by atoms with Crippen LogP contribution in [0.4, 0.5) is 4.79 Å². The number of nitrogens with one attached hydrogen (secondary N) is 1. The maximum Gasteiger partial charge on any atom is 0.475 e. The number of hydrogen-bond donors (Lipinski definition) is 3. The maximum absolute atomic E-state index is 13.4. The third-order valence-electron chi connectivity index (χ3n) is 8.12. The number of nitriles is 1. The Hall–Kier alpha value is -2.95. The molecule has 3 aliphatic rings. The van der Waals surface area contributed by atoms with Gasteiger partial charge in [-0.2, -0.15) is 5.26 Å². The van der Waals surface area contributed by atoms with Crippen LogP contribution in [0.1, 0.15) is 32.3 Å². The van der Waals surface area contributed by atoms with Crippen LogP contribution in [0.25, 0.3) is 0 Å². The summed E-state index contributed by atoms with van der Waals surface area (Å²) in [4.78, 5) is 32.2. The second-order valence-electron chi connectivity index (χ2n) is 11.3. The Morgan fingerprint density at radius 2 is 1.90 bits per heavy atom. The van der Waals surface area contributed by atoms with Gasteiger partial charge in [0.15, 0.2) is 0 Å². The van der Waals surface area contributed by atoms with Crippen molar-refractivity contribution < 1.29 is 29.1 Å². The van der Waals surface area contributed by atoms with Gasteiger partial charge in [0, 0.05) is 38.3 Å². The van der Waals surface area contributed by atoms with Crippen molar-refractivity contribution in [2.24, 2.45) is 0 Å². The normalized spacial score (nSPS) is 21.8. The minimum atomic E-state index is -1.76. The molecule has 1 unspecified atom stereocenters. The summed E-state index contributed by atoms with van der Waals surface area (Å²) in [5.41, 5.74) is 0.442. The zero-order valence-corrected chi connectivity index (χ0v) is 23.4. The number of hydrogen-bond acceptors (Lipinski definition) is 9. The quantitative estimate of drug-likeness (QED) is 0.216. The van der Waals surface area contributed by atoms with Crippen LogP contribution in [0.5, 0.6) is 0 Å². The molecule has 40 heavy (non-hydrogen) atoms. The highest BCUT2D eigenvalue weighted by Crippen LogP contribution is 2.25. The van der Waals surface area contributed by atoms with Gasteiger partial charge in [0.25, 0.3) is 5.91 Å². The lowest BCUT2D eigenvalue weighted by Gasteiger charge is -2.46. The van der Waals surface area contributed by atoms with Crippen molar-refractivity contribution in [2.75, 3.05) is 52.5 Å². The number of piperazine rings is 1. The number of carbonyl (C=O) groups is 2. The average Bonchev–Trinajstić information content (AvgIpc) is 3.38. The standard InChI is InChI=1S/C28H40BN5O6/c1-28(2,33-13-11-32(12-14-33)24-18-39-19-24)16-22(17-30)26(35)34-10-6-9-23(34)20-40-27(36)31-25(29(37)38)15-21-7-4-3-5-8-21/h3-5,7-8,16,23-25,37-38H,6,9-15,18-20H2,1-2H3,(H,31,36)/t23?,25-/m0/s1. The van der Waals surface area contributed by atoms with Gasteiger partial charge < -0.3 is 29.7 Å². The van der Waals surface area contributed by atoms with Crippen LogP contribution in [-0.2, 0) is 20.7 Å². The predicted molar refractivity (Wildman–Crippen MR) is 149 cm³/mol. The molecule has 0 aliphatic carbocycles. The number of benzene rings is 1. The number of amides is 2. The Kier molecular flexibility index (Phi) is 10.2. The van der Waals surface area contributed by atoms with E-state index in [9.17, 15) is 24.9 Å². The van der Waals surface area contributed by atoms with Crippen molar-refractivity contribution in [2.45, 2.75) is 56.7 Å². The molecule has 0 spiro atoms. The molecular weight excluding hydrogens is 513 g/mol. The fraction of sp³-hybridized carbons (Fsp3) is 0.607. The molecule has 4 rings (SSSR count). The number of ether oxygens (including phenoxy) is 2. The van der Waals surface area contributed by atoms with Crippen molar-refractivity contribution in [1.29, 1.82) is 5.26 Å². The van der Waals surface area contributed by atoms with Gasteiger partial charge in [-0.1, -0.05) is 30.3 Å². The van der Waals surface area contributed by atoms with Crippen molar-refractivity contribution in [3.05, 3.63) is 47.5 Å². The molecule has 1 aromatic rings. The van der Waals surface area contributed by atoms with Gasteiger partial charge in [-0.15, -0.1) is 0 Å². The monoisotopic (exact) mass is 553 g/mol. The van der Waals surface area contributed by atoms with Gasteiger partial charge in [0.1, 0.15) is 18.2 Å². The second kappa shape index (κ2) is 13.6. The van der Waals surface area contributed by atoms with Crippen LogP contribution >= 0.6 is 0 Å². The van der Waals surface area contributed by atoms with E-state index in [1.807, 2.05) is 44.2 Å². The summed E-state index contributed by atoms with van der Waals surface area (Å²) in [5.74, 6) is -1.31. The molecule has 11 nitrogen and oxygen atoms in total. The topological polar surface area (TPSA) is 139 Å². The molecule has 3 N–H and O–H groups in total. The summed E-state index contributed by atoms with van der Waals surface area (Å²) in [5, 5.41) is 31.9. The number of alkyl carbamates (subject to hydrolysis) is 1. The van der Waals surface area contributed by atoms with Gasteiger partial charge >= 0.3 is 13.2 Å². The minimum absolute atomic E-state index is 0.0495. The fourth-order valence-electron chi connectivity index (χ4n) is 5.58. The SMILES string of the molecule is CC(C)(C=C(C#N)C(=O)N1CCCC1COC(=O)N[C@@H](Cc1ccccc1)B(O)O)N1CCN(C2COC2)CC1. The molecule has 0 aromatic heterocycles. The first kappa shape index (κ1) is 30.0. The van der Waals surface area contributed by atoms with Gasteiger partial charge in [-0.25, -0.2) is 4.79 Å². The van der Waals surface area contributed by atoms with Crippen molar-refractivity contribution in [3.8, 4) is 6.07 Å². The van der Waals surface area contributed by atoms with Crippen LogP contribution < -0.4 is 5.32 Å². The van der Waals surface area contributed by atoms with Gasteiger partial charge in [-0.05, 0) is 44.7 Å². The first-order valence-electron chi connectivity index (χ1n) is 14.0. The van der Waals surface area contributed by atoms with Crippen LogP contribution in [0.3, 0.4) is 0 Å². The van der Waals surface area contributed by atoms with Gasteiger partial charge in [0.05, 0.1) is 31.2 Å². The van der Waals surface area contributed by atoms with Crippen molar-refractivity contribution in [1.82, 2.24) is 20.0 Å². The molecule has 1 aromatic carbocycles. The largest absolute Gasteiger partial charge is 0.475 e. The third-order valence-corrected chi connectivity index (χ3v) is 8.12. The Morgan fingerprint density at radius 3 is 2.50 bits per heavy atom. The van der Waals surface area contributed by atoms with Crippen LogP contribution in [-0.4, -0.2) is 120 Å². The zero-order chi connectivity index (χ0) is 28.7. The van der Waals surface area contributed by atoms with E-state index in [-0.39, 0.29) is 30.5 Å². The van der Waals surface area contributed by atoms with Gasteiger partial charge in [-0.3, -0.25) is 14.6 Å². The summed E-state index contributed by atoms with van der Waals surface area (Å²) in [7, 11) is -1.76. The fourth-order valence-corrected chi connectivity index (χ4v) is 5.58. The van der Waals surface area contributed by atoms with Crippen LogP contribution in [0, 0.1) is 11.3 Å².